The number of anilines is 1. The number of urea groups is 1. The van der Waals surface area contributed by atoms with Crippen LogP contribution in [0.15, 0.2) is 30.3 Å². The van der Waals surface area contributed by atoms with E-state index in [9.17, 15) is 14.7 Å². The topological polar surface area (TPSA) is 72.9 Å². The summed E-state index contributed by atoms with van der Waals surface area (Å²) in [4.78, 5) is 28.2. The number of rotatable bonds is 2. The van der Waals surface area contributed by atoms with Gasteiger partial charge in [0.15, 0.2) is 0 Å². The zero-order valence-electron chi connectivity index (χ0n) is 13.4. The first-order valence-corrected chi connectivity index (χ1v) is 8.10. The predicted molar refractivity (Wildman–Crippen MR) is 87.2 cm³/mol. The molecule has 2 heterocycles. The molecule has 2 fully saturated rings. The molecule has 0 bridgehead atoms. The summed E-state index contributed by atoms with van der Waals surface area (Å²) in [6.07, 6.45) is 2.07. The molecule has 23 heavy (non-hydrogen) atoms. The first-order valence-electron chi connectivity index (χ1n) is 8.10. The molecule has 2 saturated heterocycles. The van der Waals surface area contributed by atoms with Gasteiger partial charge in [-0.15, -0.1) is 0 Å². The zero-order valence-corrected chi connectivity index (χ0v) is 13.4. The predicted octanol–water partition coefficient (Wildman–Crippen LogP) is 1.35. The van der Waals surface area contributed by atoms with Gasteiger partial charge in [-0.3, -0.25) is 4.79 Å². The van der Waals surface area contributed by atoms with Crippen LogP contribution in [0.5, 0.6) is 0 Å². The third-order valence-corrected chi connectivity index (χ3v) is 4.53. The molecule has 0 aliphatic carbocycles. The molecule has 2 unspecified atom stereocenters. The number of nitrogens with zero attached hydrogens (tertiary/aromatic N) is 2. The summed E-state index contributed by atoms with van der Waals surface area (Å²) in [5.74, 6) is -0.0756. The average Bonchev–Trinajstić information content (AvgIpc) is 2.88. The molecule has 2 aliphatic heterocycles. The van der Waals surface area contributed by atoms with Crippen LogP contribution in [0.2, 0.25) is 0 Å². The lowest BCUT2D eigenvalue weighted by molar-refractivity contribution is -0.118. The quantitative estimate of drug-likeness (QED) is 0.865. The molecule has 0 radical (unpaired) electrons. The number of aliphatic hydroxyl groups is 1. The number of carbonyl (C=O) groups excluding carboxylic acids is 2. The number of hydrogen-bond acceptors (Lipinski definition) is 3. The van der Waals surface area contributed by atoms with Crippen LogP contribution in [0.3, 0.4) is 0 Å². The standard InChI is InChI=1S/C17H23N3O3/c1-17(23)9-5-10-19(12-17)16(22)18-14-8-11-20(15(14)21)13-6-3-2-4-7-13/h2-4,6-7,14,23H,5,8-12H2,1H3,(H,18,22). The number of β-amino-alcohol motifs (C(OH)–C–C–N with tert-alkyl or cyclic N) is 1. The summed E-state index contributed by atoms with van der Waals surface area (Å²) < 4.78 is 0. The number of likely N-dealkylation sites (tertiary alicyclic amines) is 1. The van der Waals surface area contributed by atoms with Gasteiger partial charge in [0.1, 0.15) is 6.04 Å². The molecule has 124 valence electrons. The van der Waals surface area contributed by atoms with Crippen molar-refractivity contribution in [3.8, 4) is 0 Å². The highest BCUT2D eigenvalue weighted by atomic mass is 16.3. The van der Waals surface area contributed by atoms with E-state index in [1.54, 1.807) is 16.7 Å². The number of benzene rings is 1. The van der Waals surface area contributed by atoms with Gasteiger partial charge in [0.25, 0.3) is 0 Å². The summed E-state index contributed by atoms with van der Waals surface area (Å²) in [5.41, 5.74) is 0.0147. The van der Waals surface area contributed by atoms with Crippen molar-refractivity contribution in [2.24, 2.45) is 0 Å². The molecule has 6 nitrogen and oxygen atoms in total. The normalized spacial score (nSPS) is 28.1. The Morgan fingerprint density at radius 3 is 2.74 bits per heavy atom. The molecule has 2 aliphatic rings. The zero-order chi connectivity index (χ0) is 16.4. The molecule has 0 saturated carbocycles. The second kappa shape index (κ2) is 6.20. The smallest absolute Gasteiger partial charge is 0.318 e. The van der Waals surface area contributed by atoms with E-state index in [0.717, 1.165) is 12.1 Å². The third kappa shape index (κ3) is 3.47. The van der Waals surface area contributed by atoms with Crippen molar-refractivity contribution >= 4 is 17.6 Å². The molecule has 2 atom stereocenters. The average molecular weight is 317 g/mol. The van der Waals surface area contributed by atoms with Gasteiger partial charge in [-0.2, -0.15) is 0 Å². The Bertz CT molecular complexity index is 588. The van der Waals surface area contributed by atoms with Gasteiger partial charge in [0.05, 0.1) is 12.1 Å². The maximum absolute atomic E-state index is 12.5. The second-order valence-electron chi connectivity index (χ2n) is 6.64. The maximum Gasteiger partial charge on any atom is 0.318 e. The van der Waals surface area contributed by atoms with Crippen LogP contribution in [-0.2, 0) is 4.79 Å². The van der Waals surface area contributed by atoms with Gasteiger partial charge in [0.2, 0.25) is 5.91 Å². The summed E-state index contributed by atoms with van der Waals surface area (Å²) >= 11 is 0. The van der Waals surface area contributed by atoms with Gasteiger partial charge in [-0.1, -0.05) is 18.2 Å². The lowest BCUT2D eigenvalue weighted by Gasteiger charge is -2.37. The van der Waals surface area contributed by atoms with Crippen LogP contribution < -0.4 is 10.2 Å². The van der Waals surface area contributed by atoms with E-state index >= 15 is 0 Å². The van der Waals surface area contributed by atoms with Crippen molar-refractivity contribution in [2.45, 2.75) is 37.8 Å². The van der Waals surface area contributed by atoms with E-state index in [0.29, 0.717) is 32.5 Å². The SMILES string of the molecule is CC1(O)CCCN(C(=O)NC2CCN(c3ccccc3)C2=O)C1. The number of nitrogens with one attached hydrogen (secondary N) is 1. The Kier molecular flexibility index (Phi) is 4.26. The van der Waals surface area contributed by atoms with Gasteiger partial charge in [0, 0.05) is 18.8 Å². The Morgan fingerprint density at radius 1 is 1.30 bits per heavy atom. The highest BCUT2D eigenvalue weighted by Gasteiger charge is 2.36. The van der Waals surface area contributed by atoms with Crippen molar-refractivity contribution in [3.63, 3.8) is 0 Å². The number of hydrogen-bond donors (Lipinski definition) is 2. The van der Waals surface area contributed by atoms with Crippen molar-refractivity contribution < 1.29 is 14.7 Å². The molecule has 3 amide bonds. The van der Waals surface area contributed by atoms with E-state index in [2.05, 4.69) is 5.32 Å². The Balaban J connectivity index is 1.61. The fourth-order valence-corrected chi connectivity index (χ4v) is 3.31. The van der Waals surface area contributed by atoms with Crippen molar-refractivity contribution in [1.82, 2.24) is 10.2 Å². The molecule has 2 N–H and O–H groups in total. The van der Waals surface area contributed by atoms with Crippen LogP contribution in [0.4, 0.5) is 10.5 Å². The minimum absolute atomic E-state index is 0.0756. The lowest BCUT2D eigenvalue weighted by Crippen LogP contribution is -2.54. The minimum Gasteiger partial charge on any atom is -0.388 e. The van der Waals surface area contributed by atoms with E-state index in [1.807, 2.05) is 30.3 Å². The van der Waals surface area contributed by atoms with Crippen molar-refractivity contribution in [3.05, 3.63) is 30.3 Å². The largest absolute Gasteiger partial charge is 0.388 e. The fraction of sp³-hybridized carbons (Fsp3) is 0.529. The first-order chi connectivity index (χ1) is 11.0. The summed E-state index contributed by atoms with van der Waals surface area (Å²) in [7, 11) is 0. The van der Waals surface area contributed by atoms with Crippen molar-refractivity contribution in [1.29, 1.82) is 0 Å². The summed E-state index contributed by atoms with van der Waals surface area (Å²) in [5, 5.41) is 12.9. The fourth-order valence-electron chi connectivity index (χ4n) is 3.31. The molecule has 6 heteroatoms. The van der Waals surface area contributed by atoms with Crippen LogP contribution in [0, 0.1) is 0 Å². The summed E-state index contributed by atoms with van der Waals surface area (Å²) in [6, 6.07) is 8.72. The minimum atomic E-state index is -0.842. The molecule has 1 aromatic rings. The van der Waals surface area contributed by atoms with Crippen molar-refractivity contribution in [2.75, 3.05) is 24.5 Å². The van der Waals surface area contributed by atoms with Crippen LogP contribution in [-0.4, -0.2) is 53.2 Å². The Morgan fingerprint density at radius 2 is 2.04 bits per heavy atom. The summed E-state index contributed by atoms with van der Waals surface area (Å²) in [6.45, 7) is 3.27. The molecule has 3 rings (SSSR count). The van der Waals surface area contributed by atoms with Crippen LogP contribution >= 0.6 is 0 Å². The van der Waals surface area contributed by atoms with Gasteiger partial charge < -0.3 is 20.2 Å². The van der Waals surface area contributed by atoms with Gasteiger partial charge >= 0.3 is 6.03 Å². The number of piperidine rings is 1. The first kappa shape index (κ1) is 15.8. The highest BCUT2D eigenvalue weighted by Crippen LogP contribution is 2.23. The van der Waals surface area contributed by atoms with E-state index < -0.39 is 11.6 Å². The molecule has 0 spiro atoms. The van der Waals surface area contributed by atoms with Crippen LogP contribution in [0.25, 0.3) is 0 Å². The van der Waals surface area contributed by atoms with Gasteiger partial charge in [-0.25, -0.2) is 4.79 Å². The Hall–Kier alpha value is -2.08. The number of amides is 3. The van der Waals surface area contributed by atoms with Crippen LogP contribution in [0.1, 0.15) is 26.2 Å². The third-order valence-electron chi connectivity index (χ3n) is 4.53. The molecular formula is C17H23N3O3. The molecule has 0 aromatic heterocycles. The maximum atomic E-state index is 12.5. The monoisotopic (exact) mass is 317 g/mol. The van der Waals surface area contributed by atoms with Gasteiger partial charge in [-0.05, 0) is 38.3 Å². The Labute approximate surface area is 136 Å². The van der Waals surface area contributed by atoms with E-state index in [-0.39, 0.29) is 11.9 Å². The molecule has 1 aromatic carbocycles. The lowest BCUT2D eigenvalue weighted by atomic mass is 9.95. The highest BCUT2D eigenvalue weighted by molar-refractivity contribution is 6.01. The van der Waals surface area contributed by atoms with E-state index in [1.165, 1.54) is 0 Å². The number of carbonyl (C=O) groups is 2. The number of para-hydroxylation sites is 1. The van der Waals surface area contributed by atoms with E-state index in [4.69, 9.17) is 0 Å². The molecular weight excluding hydrogens is 294 g/mol. The second-order valence-corrected chi connectivity index (χ2v) is 6.64.